The third-order valence-electron chi connectivity index (χ3n) is 2.45. The average Bonchev–Trinajstić information content (AvgIpc) is 2.60. The van der Waals surface area contributed by atoms with Crippen molar-refractivity contribution in [3.63, 3.8) is 0 Å². The van der Waals surface area contributed by atoms with E-state index >= 15 is 0 Å². The number of hydrogen-bond acceptors (Lipinski definition) is 3. The number of aliphatic hydroxyl groups is 2. The van der Waals surface area contributed by atoms with Crippen molar-refractivity contribution in [2.45, 2.75) is 25.6 Å². The summed E-state index contributed by atoms with van der Waals surface area (Å²) in [6.45, 7) is 2.92. The first-order valence-electron chi connectivity index (χ1n) is 4.98. The minimum absolute atomic E-state index is 0.0980. The second-order valence-corrected chi connectivity index (χ2v) is 4.36. The third-order valence-corrected chi connectivity index (χ3v) is 2.45. The maximum absolute atomic E-state index is 13.3. The molecule has 0 aliphatic heterocycles. The molecule has 16 heavy (non-hydrogen) atoms. The Kier molecular flexibility index (Phi) is 2.48. The van der Waals surface area contributed by atoms with Crippen LogP contribution < -0.4 is 0 Å². The van der Waals surface area contributed by atoms with Crippen molar-refractivity contribution in [3.8, 4) is 0 Å². The van der Waals surface area contributed by atoms with Gasteiger partial charge in [0, 0.05) is 5.39 Å². The van der Waals surface area contributed by atoms with Crippen molar-refractivity contribution >= 4 is 11.0 Å². The maximum atomic E-state index is 13.3. The molecule has 0 radical (unpaired) electrons. The van der Waals surface area contributed by atoms with Crippen LogP contribution in [0.25, 0.3) is 11.0 Å². The lowest BCUT2D eigenvalue weighted by Crippen LogP contribution is -2.28. The molecule has 1 atom stereocenters. The summed E-state index contributed by atoms with van der Waals surface area (Å²) in [6, 6.07) is 6.06. The zero-order valence-corrected chi connectivity index (χ0v) is 9.07. The predicted octanol–water partition coefficient (Wildman–Crippen LogP) is 2.38. The second kappa shape index (κ2) is 3.57. The molecule has 2 N–H and O–H groups in total. The Bertz CT molecular complexity index is 510. The van der Waals surface area contributed by atoms with Gasteiger partial charge in [-0.3, -0.25) is 0 Å². The van der Waals surface area contributed by atoms with Crippen LogP contribution in [0.1, 0.15) is 25.7 Å². The molecule has 1 aromatic heterocycles. The van der Waals surface area contributed by atoms with E-state index in [0.717, 1.165) is 0 Å². The van der Waals surface area contributed by atoms with E-state index in [2.05, 4.69) is 0 Å². The highest BCUT2D eigenvalue weighted by Gasteiger charge is 2.29. The van der Waals surface area contributed by atoms with Crippen molar-refractivity contribution in [2.24, 2.45) is 0 Å². The van der Waals surface area contributed by atoms with Gasteiger partial charge in [0.2, 0.25) is 0 Å². The quantitative estimate of drug-likeness (QED) is 0.823. The maximum Gasteiger partial charge on any atom is 0.170 e. The molecule has 86 valence electrons. The zero-order valence-electron chi connectivity index (χ0n) is 9.07. The minimum Gasteiger partial charge on any atom is -0.455 e. The molecule has 2 rings (SSSR count). The van der Waals surface area contributed by atoms with Crippen LogP contribution in [-0.4, -0.2) is 15.8 Å². The van der Waals surface area contributed by atoms with Crippen molar-refractivity contribution < 1.29 is 19.0 Å². The summed E-state index contributed by atoms with van der Waals surface area (Å²) in [5.41, 5.74) is -1.23. The number of fused-ring (bicyclic) bond motifs is 1. The fourth-order valence-electron chi connectivity index (χ4n) is 1.53. The first-order valence-corrected chi connectivity index (χ1v) is 4.98. The van der Waals surface area contributed by atoms with Crippen molar-refractivity contribution in [3.05, 3.63) is 35.8 Å². The van der Waals surface area contributed by atoms with E-state index in [9.17, 15) is 14.6 Å². The molecule has 0 amide bonds. The summed E-state index contributed by atoms with van der Waals surface area (Å²) < 4.78 is 18.5. The molecule has 0 aliphatic rings. The topological polar surface area (TPSA) is 53.6 Å². The summed E-state index contributed by atoms with van der Waals surface area (Å²) in [7, 11) is 0. The van der Waals surface area contributed by atoms with E-state index in [1.54, 1.807) is 12.1 Å². The third kappa shape index (κ3) is 1.81. The van der Waals surface area contributed by atoms with Gasteiger partial charge in [-0.2, -0.15) is 0 Å². The van der Waals surface area contributed by atoms with E-state index < -0.39 is 17.5 Å². The van der Waals surface area contributed by atoms with Crippen LogP contribution in [0.3, 0.4) is 0 Å². The van der Waals surface area contributed by atoms with Crippen LogP contribution in [-0.2, 0) is 0 Å². The number of furan rings is 1. The van der Waals surface area contributed by atoms with E-state index in [1.165, 1.54) is 26.0 Å². The van der Waals surface area contributed by atoms with Gasteiger partial charge < -0.3 is 14.6 Å². The largest absolute Gasteiger partial charge is 0.455 e. The van der Waals surface area contributed by atoms with E-state index in [4.69, 9.17) is 4.42 Å². The van der Waals surface area contributed by atoms with Crippen LogP contribution >= 0.6 is 0 Å². The lowest BCUT2D eigenvalue weighted by molar-refractivity contribution is -0.0588. The normalized spacial score (nSPS) is 14.3. The van der Waals surface area contributed by atoms with Gasteiger partial charge in [0.05, 0.1) is 5.60 Å². The number of aliphatic hydroxyl groups excluding tert-OH is 1. The highest BCUT2D eigenvalue weighted by Crippen LogP contribution is 2.31. The van der Waals surface area contributed by atoms with E-state index in [1.807, 2.05) is 0 Å². The van der Waals surface area contributed by atoms with Crippen molar-refractivity contribution in [2.75, 3.05) is 0 Å². The molecular weight excluding hydrogens is 211 g/mol. The summed E-state index contributed by atoms with van der Waals surface area (Å²) in [5.74, 6) is -0.320. The second-order valence-electron chi connectivity index (χ2n) is 4.36. The Morgan fingerprint density at radius 3 is 2.62 bits per heavy atom. The highest BCUT2D eigenvalue weighted by atomic mass is 19.1. The summed E-state index contributed by atoms with van der Waals surface area (Å²) in [5, 5.41) is 20.0. The number of rotatable bonds is 2. The van der Waals surface area contributed by atoms with Crippen LogP contribution in [0.5, 0.6) is 0 Å². The Balaban J connectivity index is 2.52. The van der Waals surface area contributed by atoms with E-state index in [-0.39, 0.29) is 11.3 Å². The average molecular weight is 224 g/mol. The summed E-state index contributed by atoms with van der Waals surface area (Å²) in [6.07, 6.45) is -1.18. The van der Waals surface area contributed by atoms with Crippen molar-refractivity contribution in [1.29, 1.82) is 0 Å². The zero-order chi connectivity index (χ0) is 11.9. The van der Waals surface area contributed by atoms with Gasteiger partial charge in [-0.15, -0.1) is 0 Å². The molecule has 0 saturated heterocycles. The summed E-state index contributed by atoms with van der Waals surface area (Å²) in [4.78, 5) is 0. The molecule has 1 heterocycles. The number of para-hydroxylation sites is 1. The van der Waals surface area contributed by atoms with Crippen LogP contribution in [0.2, 0.25) is 0 Å². The Labute approximate surface area is 92.1 Å². The van der Waals surface area contributed by atoms with Crippen LogP contribution in [0, 0.1) is 5.82 Å². The van der Waals surface area contributed by atoms with Gasteiger partial charge in [0.1, 0.15) is 11.9 Å². The number of halogens is 1. The Morgan fingerprint density at radius 2 is 2.06 bits per heavy atom. The molecule has 1 unspecified atom stereocenters. The van der Waals surface area contributed by atoms with Crippen LogP contribution in [0.15, 0.2) is 28.7 Å². The smallest absolute Gasteiger partial charge is 0.170 e. The monoisotopic (exact) mass is 224 g/mol. The lowest BCUT2D eigenvalue weighted by atomic mass is 10.00. The highest BCUT2D eigenvalue weighted by molar-refractivity contribution is 5.78. The van der Waals surface area contributed by atoms with Gasteiger partial charge in [0.15, 0.2) is 11.4 Å². The molecule has 0 saturated carbocycles. The lowest BCUT2D eigenvalue weighted by Gasteiger charge is -2.22. The molecule has 0 fully saturated rings. The van der Waals surface area contributed by atoms with Gasteiger partial charge in [-0.1, -0.05) is 12.1 Å². The first-order chi connectivity index (χ1) is 7.39. The standard InChI is InChI=1S/C12H13FO3/c1-12(2,15)11(14)9-6-7-4-3-5-8(13)10(7)16-9/h3-6,11,14-15H,1-2H3. The fraction of sp³-hybridized carbons (Fsp3) is 0.333. The molecule has 1 aromatic carbocycles. The molecule has 4 heteroatoms. The Morgan fingerprint density at radius 1 is 1.38 bits per heavy atom. The molecular formula is C12H13FO3. The van der Waals surface area contributed by atoms with E-state index in [0.29, 0.717) is 5.39 Å². The predicted molar refractivity (Wildman–Crippen MR) is 57.4 cm³/mol. The minimum atomic E-state index is -1.33. The Hall–Kier alpha value is -1.39. The first kappa shape index (κ1) is 11.1. The molecule has 3 nitrogen and oxygen atoms in total. The summed E-state index contributed by atoms with van der Waals surface area (Å²) >= 11 is 0. The molecule has 2 aromatic rings. The van der Waals surface area contributed by atoms with Gasteiger partial charge in [0.25, 0.3) is 0 Å². The molecule has 0 bridgehead atoms. The molecule has 0 spiro atoms. The van der Waals surface area contributed by atoms with Crippen molar-refractivity contribution in [1.82, 2.24) is 0 Å². The molecule has 0 aliphatic carbocycles. The number of benzene rings is 1. The van der Waals surface area contributed by atoms with Crippen LogP contribution in [0.4, 0.5) is 4.39 Å². The van der Waals surface area contributed by atoms with Gasteiger partial charge >= 0.3 is 0 Å². The number of hydrogen-bond donors (Lipinski definition) is 2. The SMILES string of the molecule is CC(C)(O)C(O)c1cc2cccc(F)c2o1. The van der Waals surface area contributed by atoms with Gasteiger partial charge in [-0.25, -0.2) is 4.39 Å². The van der Waals surface area contributed by atoms with Gasteiger partial charge in [-0.05, 0) is 26.0 Å². The fourth-order valence-corrected chi connectivity index (χ4v) is 1.53.